The lowest BCUT2D eigenvalue weighted by molar-refractivity contribution is 0.756. The van der Waals surface area contributed by atoms with E-state index in [1.165, 1.54) is 63.6 Å². The van der Waals surface area contributed by atoms with Crippen molar-refractivity contribution in [1.29, 1.82) is 0 Å². The van der Waals surface area contributed by atoms with Gasteiger partial charge in [-0.3, -0.25) is 0 Å². The van der Waals surface area contributed by atoms with Crippen LogP contribution in [0.3, 0.4) is 0 Å². The number of nitrogens with one attached hydrogen (secondary N) is 1. The molecule has 0 fully saturated rings. The van der Waals surface area contributed by atoms with Gasteiger partial charge in [-0.1, -0.05) is 152 Å². The molecule has 8 aromatic carbocycles. The van der Waals surface area contributed by atoms with Crippen molar-refractivity contribution < 1.29 is 0 Å². The number of hydrogen-bond acceptors (Lipinski definition) is 4. The zero-order valence-corrected chi connectivity index (χ0v) is 27.3. The lowest BCUT2D eigenvalue weighted by atomic mass is 9.94. The van der Waals surface area contributed by atoms with Crippen molar-refractivity contribution in [3.8, 4) is 11.1 Å². The van der Waals surface area contributed by atoms with Gasteiger partial charge in [-0.25, -0.2) is 9.98 Å². The van der Waals surface area contributed by atoms with Crippen LogP contribution in [-0.4, -0.2) is 11.7 Å². The average Bonchev–Trinajstić information content (AvgIpc) is 3.57. The fourth-order valence-corrected chi connectivity index (χ4v) is 8.50. The number of thiophene rings is 1. The molecule has 0 radical (unpaired) electrons. The number of aliphatic imine (C=N–C) groups is 2. The van der Waals surface area contributed by atoms with E-state index < -0.39 is 0 Å². The summed E-state index contributed by atoms with van der Waals surface area (Å²) in [4.78, 5) is 10.3. The lowest BCUT2D eigenvalue weighted by Crippen LogP contribution is -2.36. The third kappa shape index (κ3) is 4.72. The van der Waals surface area contributed by atoms with Gasteiger partial charge in [0, 0.05) is 36.7 Å². The predicted octanol–water partition coefficient (Wildman–Crippen LogP) is 11.7. The Bertz CT molecular complexity index is 2780. The molecule has 0 saturated heterocycles. The molecule has 1 N–H and O–H groups in total. The molecule has 2 heterocycles. The summed E-state index contributed by atoms with van der Waals surface area (Å²) >= 11 is 1.89. The Morgan fingerprint density at radius 3 is 1.82 bits per heavy atom. The van der Waals surface area contributed by atoms with E-state index >= 15 is 0 Å². The second-order valence-electron chi connectivity index (χ2n) is 12.6. The van der Waals surface area contributed by atoms with Gasteiger partial charge >= 0.3 is 0 Å². The molecule has 10 rings (SSSR count). The van der Waals surface area contributed by atoms with Crippen molar-refractivity contribution in [3.63, 3.8) is 0 Å². The highest BCUT2D eigenvalue weighted by atomic mass is 32.1. The van der Waals surface area contributed by atoms with Crippen LogP contribution in [0.2, 0.25) is 0 Å². The van der Waals surface area contributed by atoms with Gasteiger partial charge in [-0.15, -0.1) is 11.3 Å². The summed E-state index contributed by atoms with van der Waals surface area (Å²) in [5, 5.41) is 13.8. The monoisotopic (exact) mass is 643 g/mol. The lowest BCUT2D eigenvalue weighted by Gasteiger charge is -2.23. The number of benzene rings is 8. The highest BCUT2D eigenvalue weighted by molar-refractivity contribution is 7.26. The first-order valence-corrected chi connectivity index (χ1v) is 17.4. The van der Waals surface area contributed by atoms with E-state index in [0.29, 0.717) is 0 Å². The predicted molar refractivity (Wildman–Crippen MR) is 209 cm³/mol. The van der Waals surface area contributed by atoms with Crippen LogP contribution in [0.15, 0.2) is 174 Å². The van der Waals surface area contributed by atoms with Crippen molar-refractivity contribution >= 4 is 75.5 Å². The van der Waals surface area contributed by atoms with Gasteiger partial charge in [0.1, 0.15) is 11.7 Å². The first-order chi connectivity index (χ1) is 24.3. The summed E-state index contributed by atoms with van der Waals surface area (Å²) in [6.07, 6.45) is -0.365. The Labute approximate surface area is 287 Å². The Balaban J connectivity index is 1.09. The quantitative estimate of drug-likeness (QED) is 0.190. The van der Waals surface area contributed by atoms with Gasteiger partial charge in [-0.2, -0.15) is 0 Å². The molecular weight excluding hydrogens is 615 g/mol. The molecule has 1 aromatic heterocycles. The second-order valence-corrected chi connectivity index (χ2v) is 13.7. The summed E-state index contributed by atoms with van der Waals surface area (Å²) in [6.45, 7) is 0. The van der Waals surface area contributed by atoms with Gasteiger partial charge in [0.25, 0.3) is 0 Å². The van der Waals surface area contributed by atoms with E-state index in [1.807, 2.05) is 35.6 Å². The Kier molecular flexibility index (Phi) is 6.42. The summed E-state index contributed by atoms with van der Waals surface area (Å²) in [5.41, 5.74) is 5.50. The molecule has 1 unspecified atom stereocenters. The second kappa shape index (κ2) is 11.3. The van der Waals surface area contributed by atoms with Crippen LogP contribution >= 0.6 is 11.3 Å². The van der Waals surface area contributed by atoms with Crippen LogP contribution in [0, 0.1) is 0 Å². The summed E-state index contributed by atoms with van der Waals surface area (Å²) < 4.78 is 2.68. The van der Waals surface area contributed by atoms with Crippen molar-refractivity contribution in [2.75, 3.05) is 0 Å². The van der Waals surface area contributed by atoms with Crippen molar-refractivity contribution in [1.82, 2.24) is 5.32 Å². The van der Waals surface area contributed by atoms with E-state index in [0.717, 1.165) is 28.4 Å². The molecule has 1 aliphatic rings. The molecule has 1 aliphatic heterocycles. The minimum atomic E-state index is -0.365. The third-order valence-corrected chi connectivity index (χ3v) is 10.9. The molecule has 1 atom stereocenters. The molecule has 49 heavy (non-hydrogen) atoms. The van der Waals surface area contributed by atoms with E-state index in [-0.39, 0.29) is 6.17 Å². The van der Waals surface area contributed by atoms with E-state index in [9.17, 15) is 0 Å². The minimum Gasteiger partial charge on any atom is -0.324 e. The number of nitrogens with zero attached hydrogens (tertiary/aromatic N) is 2. The maximum atomic E-state index is 5.19. The van der Waals surface area contributed by atoms with E-state index in [4.69, 9.17) is 9.98 Å². The van der Waals surface area contributed by atoms with Crippen LogP contribution in [0.4, 0.5) is 0 Å². The van der Waals surface area contributed by atoms with Crippen molar-refractivity contribution in [2.24, 2.45) is 9.98 Å². The number of hydrogen-bond donors (Lipinski definition) is 1. The molecule has 4 heteroatoms. The Morgan fingerprint density at radius 1 is 0.429 bits per heavy atom. The highest BCUT2D eigenvalue weighted by Gasteiger charge is 2.21. The first kappa shape index (κ1) is 28.0. The zero-order valence-electron chi connectivity index (χ0n) is 26.5. The molecule has 0 amide bonds. The molecule has 3 nitrogen and oxygen atoms in total. The standard InChI is InChI=1S/C45H29N3S/c1-3-9-28(10-4-1)29-15-18-32(19-16-29)44-46-43(31-11-5-2-6-12-31)47-45(48-44)34-22-23-35-33(27-34)20-17-30-21-24-39-37(41(30)35)25-26-38-36-13-7-8-14-40(36)49-42(38)39/h1-27,44H,(H,46,47,48). The largest absolute Gasteiger partial charge is 0.324 e. The molecule has 230 valence electrons. The van der Waals surface area contributed by atoms with Gasteiger partial charge < -0.3 is 5.32 Å². The van der Waals surface area contributed by atoms with Crippen LogP contribution in [0.25, 0.3) is 63.6 Å². The molecule has 0 bridgehead atoms. The van der Waals surface area contributed by atoms with Crippen LogP contribution < -0.4 is 5.32 Å². The van der Waals surface area contributed by atoms with Crippen LogP contribution in [0.1, 0.15) is 22.9 Å². The van der Waals surface area contributed by atoms with Crippen molar-refractivity contribution in [2.45, 2.75) is 6.17 Å². The summed E-state index contributed by atoms with van der Waals surface area (Å²) in [5.74, 6) is 1.64. The molecule has 0 spiro atoms. The van der Waals surface area contributed by atoms with E-state index in [1.54, 1.807) is 0 Å². The third-order valence-electron chi connectivity index (χ3n) is 9.71. The van der Waals surface area contributed by atoms with Crippen LogP contribution in [-0.2, 0) is 0 Å². The SMILES string of the molecule is c1ccc(C2=NC(c3ccc(-c4ccccc4)cc3)N=C(c3ccc4c(ccc5ccc6c(ccc7c8ccccc8sc76)c54)c3)N2)cc1. The fraction of sp³-hybridized carbons (Fsp3) is 0.0222. The zero-order chi connectivity index (χ0) is 32.3. The van der Waals surface area contributed by atoms with Gasteiger partial charge in [-0.05, 0) is 55.8 Å². The Morgan fingerprint density at radius 2 is 1.00 bits per heavy atom. The minimum absolute atomic E-state index is 0.365. The van der Waals surface area contributed by atoms with Gasteiger partial charge in [0.2, 0.25) is 0 Å². The van der Waals surface area contributed by atoms with Crippen LogP contribution in [0.5, 0.6) is 0 Å². The number of amidine groups is 2. The first-order valence-electron chi connectivity index (χ1n) is 16.6. The fourth-order valence-electron chi connectivity index (χ4n) is 7.27. The van der Waals surface area contributed by atoms with Gasteiger partial charge in [0.15, 0.2) is 6.17 Å². The molecular formula is C45H29N3S. The number of fused-ring (bicyclic) bond motifs is 9. The van der Waals surface area contributed by atoms with E-state index in [2.05, 4.69) is 145 Å². The average molecular weight is 644 g/mol. The molecule has 9 aromatic rings. The smallest absolute Gasteiger partial charge is 0.169 e. The normalized spacial score (nSPS) is 14.7. The summed E-state index contributed by atoms with van der Waals surface area (Å²) in [7, 11) is 0. The Hall–Kier alpha value is -6.10. The maximum Gasteiger partial charge on any atom is 0.169 e. The number of rotatable bonds is 4. The molecule has 0 saturated carbocycles. The maximum absolute atomic E-state index is 5.19. The topological polar surface area (TPSA) is 36.8 Å². The van der Waals surface area contributed by atoms with Crippen molar-refractivity contribution in [3.05, 3.63) is 180 Å². The summed E-state index contributed by atoms with van der Waals surface area (Å²) in [6, 6.07) is 58.5. The highest BCUT2D eigenvalue weighted by Crippen LogP contribution is 2.41. The van der Waals surface area contributed by atoms with Gasteiger partial charge in [0.05, 0.1) is 0 Å². The molecule has 0 aliphatic carbocycles.